The Morgan fingerprint density at radius 3 is 2.95 bits per heavy atom. The molecule has 3 rings (SSSR count). The molecule has 0 bridgehead atoms. The van der Waals surface area contributed by atoms with E-state index in [1.165, 1.54) is 12.1 Å². The predicted molar refractivity (Wildman–Crippen MR) is 80.0 cm³/mol. The Morgan fingerprint density at radius 2 is 2.23 bits per heavy atom. The number of aryl methyl sites for hydroxylation is 1. The summed E-state index contributed by atoms with van der Waals surface area (Å²) in [7, 11) is 0. The predicted octanol–water partition coefficient (Wildman–Crippen LogP) is 2.66. The van der Waals surface area contributed by atoms with Gasteiger partial charge >= 0.3 is 0 Å². The number of benzene rings is 1. The van der Waals surface area contributed by atoms with Crippen LogP contribution >= 0.6 is 0 Å². The third kappa shape index (κ3) is 3.11. The highest BCUT2D eigenvalue weighted by Gasteiger charge is 2.29. The van der Waals surface area contributed by atoms with Crippen LogP contribution in [0.1, 0.15) is 17.5 Å². The molecule has 112 valence electrons. The van der Waals surface area contributed by atoms with Gasteiger partial charge in [-0.2, -0.15) is 0 Å². The Kier molecular flexibility index (Phi) is 3.82. The number of anilines is 1. The second-order valence-corrected chi connectivity index (χ2v) is 5.06. The summed E-state index contributed by atoms with van der Waals surface area (Å²) >= 11 is 0. The van der Waals surface area contributed by atoms with Crippen molar-refractivity contribution in [3.8, 4) is 0 Å². The minimum atomic E-state index is -0.735. The van der Waals surface area contributed by atoms with E-state index in [2.05, 4.69) is 15.5 Å². The Balaban J connectivity index is 1.64. The molecular formula is C16H14FN3O2. The summed E-state index contributed by atoms with van der Waals surface area (Å²) in [6, 6.07) is 9.62. The smallest absolute Gasteiger partial charge is 0.269 e. The molecule has 1 aromatic carbocycles. The van der Waals surface area contributed by atoms with E-state index in [9.17, 15) is 9.18 Å². The lowest BCUT2D eigenvalue weighted by Crippen LogP contribution is -2.28. The molecule has 22 heavy (non-hydrogen) atoms. The summed E-state index contributed by atoms with van der Waals surface area (Å²) < 4.78 is 13.2. The third-order valence-electron chi connectivity index (χ3n) is 3.28. The van der Waals surface area contributed by atoms with Crippen molar-refractivity contribution in [1.29, 1.82) is 0 Å². The summed E-state index contributed by atoms with van der Waals surface area (Å²) in [5, 5.41) is 6.55. The normalized spacial score (nSPS) is 16.8. The van der Waals surface area contributed by atoms with Gasteiger partial charge in [0, 0.05) is 18.2 Å². The van der Waals surface area contributed by atoms with E-state index in [0.717, 1.165) is 5.56 Å². The molecular weight excluding hydrogens is 285 g/mol. The van der Waals surface area contributed by atoms with Crippen molar-refractivity contribution in [3.63, 3.8) is 0 Å². The highest BCUT2D eigenvalue weighted by Crippen LogP contribution is 2.18. The maximum Gasteiger partial charge on any atom is 0.269 e. The minimum absolute atomic E-state index is 0.293. The molecule has 6 heteroatoms. The van der Waals surface area contributed by atoms with Gasteiger partial charge in [-0.1, -0.05) is 23.4 Å². The molecule has 1 amide bonds. The van der Waals surface area contributed by atoms with Gasteiger partial charge in [-0.25, -0.2) is 9.37 Å². The molecule has 0 radical (unpaired) electrons. The molecule has 0 fully saturated rings. The first-order valence-electron chi connectivity index (χ1n) is 6.84. The molecule has 0 spiro atoms. The number of oxime groups is 1. The van der Waals surface area contributed by atoms with E-state index in [4.69, 9.17) is 4.84 Å². The van der Waals surface area contributed by atoms with Gasteiger partial charge in [0.05, 0.1) is 5.71 Å². The largest absolute Gasteiger partial charge is 0.382 e. The van der Waals surface area contributed by atoms with Gasteiger partial charge in [0.1, 0.15) is 11.6 Å². The Hall–Kier alpha value is -2.76. The van der Waals surface area contributed by atoms with Crippen LogP contribution in [0.25, 0.3) is 0 Å². The van der Waals surface area contributed by atoms with Crippen molar-refractivity contribution in [2.75, 3.05) is 5.32 Å². The van der Waals surface area contributed by atoms with Gasteiger partial charge in [0.15, 0.2) is 0 Å². The van der Waals surface area contributed by atoms with Crippen LogP contribution in [0.15, 0.2) is 47.8 Å². The molecule has 1 aromatic heterocycles. The minimum Gasteiger partial charge on any atom is -0.382 e. The van der Waals surface area contributed by atoms with Crippen LogP contribution in [0.5, 0.6) is 0 Å². The molecule has 0 unspecified atom stereocenters. The number of hydrogen-bond acceptors (Lipinski definition) is 4. The molecule has 0 aliphatic carbocycles. The van der Waals surface area contributed by atoms with Crippen molar-refractivity contribution in [1.82, 2.24) is 4.98 Å². The summed E-state index contributed by atoms with van der Waals surface area (Å²) in [5.74, 6) is -0.220. The number of rotatable bonds is 3. The molecule has 5 nitrogen and oxygen atoms in total. The maximum atomic E-state index is 13.2. The number of nitrogens with zero attached hydrogens (tertiary/aromatic N) is 2. The molecule has 2 aromatic rings. The van der Waals surface area contributed by atoms with Gasteiger partial charge in [0.2, 0.25) is 6.10 Å². The molecule has 1 atom stereocenters. The SMILES string of the molecule is Cc1ccc(NC(=O)[C@@H]2CC(c3cccc(F)c3)=NO2)nc1. The zero-order valence-corrected chi connectivity index (χ0v) is 11.9. The monoisotopic (exact) mass is 299 g/mol. The summed E-state index contributed by atoms with van der Waals surface area (Å²) in [6.45, 7) is 1.91. The fraction of sp³-hybridized carbons (Fsp3) is 0.188. The zero-order chi connectivity index (χ0) is 15.5. The lowest BCUT2D eigenvalue weighted by molar-refractivity contribution is -0.125. The number of aromatic nitrogens is 1. The third-order valence-corrected chi connectivity index (χ3v) is 3.28. The van der Waals surface area contributed by atoms with E-state index in [-0.39, 0.29) is 11.7 Å². The molecule has 0 saturated heterocycles. The van der Waals surface area contributed by atoms with Crippen LogP contribution in [0.3, 0.4) is 0 Å². The van der Waals surface area contributed by atoms with E-state index in [1.54, 1.807) is 24.4 Å². The first-order valence-corrected chi connectivity index (χ1v) is 6.84. The Bertz CT molecular complexity index is 728. The number of carbonyl (C=O) groups is 1. The lowest BCUT2D eigenvalue weighted by Gasteiger charge is -2.08. The first kappa shape index (κ1) is 14.2. The zero-order valence-electron chi connectivity index (χ0n) is 11.9. The van der Waals surface area contributed by atoms with Crippen molar-refractivity contribution in [2.24, 2.45) is 5.16 Å². The van der Waals surface area contributed by atoms with E-state index < -0.39 is 6.10 Å². The number of amides is 1. The molecule has 2 heterocycles. The summed E-state index contributed by atoms with van der Waals surface area (Å²) in [5.41, 5.74) is 2.17. The fourth-order valence-electron chi connectivity index (χ4n) is 2.10. The van der Waals surface area contributed by atoms with Crippen LogP contribution in [0, 0.1) is 12.7 Å². The number of halogens is 1. The second-order valence-electron chi connectivity index (χ2n) is 5.06. The van der Waals surface area contributed by atoms with Crippen LogP contribution in [0.2, 0.25) is 0 Å². The number of pyridine rings is 1. The number of hydrogen-bond donors (Lipinski definition) is 1. The fourth-order valence-corrected chi connectivity index (χ4v) is 2.10. The first-order chi connectivity index (χ1) is 10.6. The average molecular weight is 299 g/mol. The lowest BCUT2D eigenvalue weighted by atomic mass is 10.0. The van der Waals surface area contributed by atoms with Gasteiger partial charge in [-0.15, -0.1) is 0 Å². The molecule has 1 N–H and O–H groups in total. The van der Waals surface area contributed by atoms with Gasteiger partial charge in [0.25, 0.3) is 5.91 Å². The maximum absolute atomic E-state index is 13.2. The number of nitrogens with one attached hydrogen (secondary N) is 1. The topological polar surface area (TPSA) is 63.6 Å². The van der Waals surface area contributed by atoms with E-state index >= 15 is 0 Å². The highest BCUT2D eigenvalue weighted by atomic mass is 19.1. The van der Waals surface area contributed by atoms with Crippen molar-refractivity contribution in [2.45, 2.75) is 19.4 Å². The molecule has 1 aliphatic heterocycles. The van der Waals surface area contributed by atoms with Crippen LogP contribution in [0.4, 0.5) is 10.2 Å². The Labute approximate surface area is 126 Å². The second kappa shape index (κ2) is 5.93. The van der Waals surface area contributed by atoms with E-state index in [1.807, 2.05) is 13.0 Å². The van der Waals surface area contributed by atoms with Crippen molar-refractivity contribution >= 4 is 17.4 Å². The van der Waals surface area contributed by atoms with Crippen LogP contribution in [-0.4, -0.2) is 22.7 Å². The van der Waals surface area contributed by atoms with Crippen molar-refractivity contribution in [3.05, 3.63) is 59.5 Å². The number of carbonyl (C=O) groups excluding carboxylic acids is 1. The van der Waals surface area contributed by atoms with Crippen molar-refractivity contribution < 1.29 is 14.0 Å². The standard InChI is InChI=1S/C16H14FN3O2/c1-10-5-6-15(18-9-10)19-16(21)14-8-13(20-22-14)11-3-2-4-12(17)7-11/h2-7,9,14H,8H2,1H3,(H,18,19,21)/t14-/m0/s1. The van der Waals surface area contributed by atoms with Gasteiger partial charge in [-0.05, 0) is 30.7 Å². The quantitative estimate of drug-likeness (QED) is 0.947. The van der Waals surface area contributed by atoms with Gasteiger partial charge in [-0.3, -0.25) is 4.79 Å². The average Bonchev–Trinajstić information content (AvgIpc) is 3.00. The highest BCUT2D eigenvalue weighted by molar-refractivity contribution is 6.05. The summed E-state index contributed by atoms with van der Waals surface area (Å²) in [4.78, 5) is 21.4. The van der Waals surface area contributed by atoms with Crippen LogP contribution in [-0.2, 0) is 9.63 Å². The summed E-state index contributed by atoms with van der Waals surface area (Å²) in [6.07, 6.45) is 1.22. The molecule has 1 aliphatic rings. The Morgan fingerprint density at radius 1 is 1.36 bits per heavy atom. The van der Waals surface area contributed by atoms with E-state index in [0.29, 0.717) is 23.5 Å². The molecule has 0 saturated carbocycles. The van der Waals surface area contributed by atoms with Crippen LogP contribution < -0.4 is 5.32 Å². The van der Waals surface area contributed by atoms with Gasteiger partial charge < -0.3 is 10.2 Å².